The number of carbonyl (C=O) groups is 2. The summed E-state index contributed by atoms with van der Waals surface area (Å²) in [6.45, 7) is 0. The Morgan fingerprint density at radius 3 is 2.86 bits per heavy atom. The Bertz CT molecular complexity index is 1260. The zero-order chi connectivity index (χ0) is 20.2. The fourth-order valence-electron chi connectivity index (χ4n) is 3.94. The van der Waals surface area contributed by atoms with Gasteiger partial charge in [0.05, 0.1) is 28.8 Å². The Balaban J connectivity index is 1.47. The number of fused-ring (bicyclic) bond motifs is 2. The molecular formula is C19H18N4O4S2. The molecule has 1 aromatic carbocycles. The third kappa shape index (κ3) is 3.16. The second kappa shape index (κ2) is 6.74. The number of aromatic amines is 1. The predicted molar refractivity (Wildman–Crippen MR) is 111 cm³/mol. The van der Waals surface area contributed by atoms with Crippen LogP contribution >= 0.6 is 11.8 Å². The van der Waals surface area contributed by atoms with Gasteiger partial charge in [-0.3, -0.25) is 9.59 Å². The molecule has 2 aromatic heterocycles. The Kier molecular flexibility index (Phi) is 4.28. The number of aromatic nitrogens is 3. The third-order valence-corrected chi connectivity index (χ3v) is 8.12. The molecule has 2 aliphatic rings. The van der Waals surface area contributed by atoms with Gasteiger partial charge in [0, 0.05) is 34.2 Å². The van der Waals surface area contributed by atoms with Crippen molar-refractivity contribution >= 4 is 50.0 Å². The quantitative estimate of drug-likeness (QED) is 0.485. The van der Waals surface area contributed by atoms with Crippen molar-refractivity contribution in [3.63, 3.8) is 0 Å². The minimum Gasteiger partial charge on any atom is -0.360 e. The molecule has 2 aliphatic heterocycles. The van der Waals surface area contributed by atoms with Crippen molar-refractivity contribution in [2.24, 2.45) is 0 Å². The number of benzene rings is 1. The van der Waals surface area contributed by atoms with Gasteiger partial charge in [-0.15, -0.1) is 0 Å². The molecule has 0 bridgehead atoms. The molecule has 1 atom stereocenters. The molecule has 29 heavy (non-hydrogen) atoms. The smallest absolute Gasteiger partial charge is 0.298 e. The summed E-state index contributed by atoms with van der Waals surface area (Å²) in [5.41, 5.74) is 2.80. The van der Waals surface area contributed by atoms with Gasteiger partial charge in [0.25, 0.3) is 11.7 Å². The molecular weight excluding hydrogens is 412 g/mol. The van der Waals surface area contributed by atoms with Gasteiger partial charge in [0.15, 0.2) is 9.84 Å². The first kappa shape index (κ1) is 18.4. The van der Waals surface area contributed by atoms with Crippen molar-refractivity contribution in [3.05, 3.63) is 47.3 Å². The molecule has 1 unspecified atom stereocenters. The maximum atomic E-state index is 12.8. The van der Waals surface area contributed by atoms with E-state index >= 15 is 0 Å². The summed E-state index contributed by atoms with van der Waals surface area (Å²) in [4.78, 5) is 28.6. The molecule has 0 saturated carbocycles. The number of hydrogen-bond acceptors (Lipinski definition) is 6. The van der Waals surface area contributed by atoms with Crippen LogP contribution in [0.3, 0.4) is 0 Å². The van der Waals surface area contributed by atoms with Crippen LogP contribution < -0.4 is 5.32 Å². The SMILES string of the molecule is O=C(Nc1c2c(nn1C1CCS(=O)(=O)C1)CSC2)C(=O)c1c[nH]c2ccccc12. The average molecular weight is 431 g/mol. The van der Waals surface area contributed by atoms with Gasteiger partial charge in [-0.05, 0) is 12.5 Å². The number of anilines is 1. The van der Waals surface area contributed by atoms with Crippen LogP contribution in [0.1, 0.15) is 34.1 Å². The lowest BCUT2D eigenvalue weighted by Gasteiger charge is -2.15. The number of sulfone groups is 1. The Hall–Kier alpha value is -2.59. The van der Waals surface area contributed by atoms with Crippen molar-refractivity contribution in [3.8, 4) is 0 Å². The van der Waals surface area contributed by atoms with Gasteiger partial charge < -0.3 is 10.3 Å². The van der Waals surface area contributed by atoms with E-state index in [1.165, 1.54) is 6.20 Å². The van der Waals surface area contributed by atoms with Crippen LogP contribution in [-0.2, 0) is 26.1 Å². The average Bonchev–Trinajstić information content (AvgIpc) is 3.45. The molecule has 1 amide bonds. The van der Waals surface area contributed by atoms with Gasteiger partial charge in [0.1, 0.15) is 5.82 Å². The largest absolute Gasteiger partial charge is 0.360 e. The lowest BCUT2D eigenvalue weighted by molar-refractivity contribution is -0.112. The number of Topliss-reactive ketones (excluding diaryl/α,β-unsaturated/α-hetero) is 1. The summed E-state index contributed by atoms with van der Waals surface area (Å²) in [6, 6.07) is 6.96. The fourth-order valence-corrected chi connectivity index (χ4v) is 6.67. The molecule has 1 saturated heterocycles. The molecule has 10 heteroatoms. The van der Waals surface area contributed by atoms with E-state index in [1.54, 1.807) is 22.5 Å². The Morgan fingerprint density at radius 2 is 2.07 bits per heavy atom. The number of amides is 1. The third-order valence-electron chi connectivity index (χ3n) is 5.40. The molecule has 3 aromatic rings. The predicted octanol–water partition coefficient (Wildman–Crippen LogP) is 2.29. The van der Waals surface area contributed by atoms with E-state index in [0.717, 1.165) is 16.8 Å². The molecule has 0 aliphatic carbocycles. The van der Waals surface area contributed by atoms with E-state index < -0.39 is 21.5 Å². The van der Waals surface area contributed by atoms with Crippen LogP contribution in [-0.4, -0.2) is 46.4 Å². The maximum Gasteiger partial charge on any atom is 0.298 e. The molecule has 8 nitrogen and oxygen atoms in total. The van der Waals surface area contributed by atoms with Gasteiger partial charge in [0.2, 0.25) is 0 Å². The fraction of sp³-hybridized carbons (Fsp3) is 0.316. The number of H-pyrrole nitrogens is 1. The number of thioether (sulfide) groups is 1. The van der Waals surface area contributed by atoms with Gasteiger partial charge in [-0.25, -0.2) is 13.1 Å². The normalized spacial score (nSPS) is 20.1. The lowest BCUT2D eigenvalue weighted by atomic mass is 10.1. The molecule has 2 N–H and O–H groups in total. The van der Waals surface area contributed by atoms with Crippen LogP contribution in [0.5, 0.6) is 0 Å². The monoisotopic (exact) mass is 430 g/mol. The van der Waals surface area contributed by atoms with E-state index in [4.69, 9.17) is 0 Å². The minimum atomic E-state index is -3.11. The van der Waals surface area contributed by atoms with Crippen molar-refractivity contribution in [2.75, 3.05) is 16.8 Å². The first-order valence-corrected chi connectivity index (χ1v) is 12.2. The van der Waals surface area contributed by atoms with Crippen molar-refractivity contribution in [2.45, 2.75) is 24.0 Å². The van der Waals surface area contributed by atoms with Crippen LogP contribution in [0.2, 0.25) is 0 Å². The minimum absolute atomic E-state index is 0.0000319. The Labute approximate surface area is 171 Å². The number of rotatable bonds is 4. The summed E-state index contributed by atoms with van der Waals surface area (Å²) in [5.74, 6) is 0.543. The molecule has 5 rings (SSSR count). The number of carbonyl (C=O) groups excluding carboxylic acids is 2. The van der Waals surface area contributed by atoms with Crippen molar-refractivity contribution in [1.29, 1.82) is 0 Å². The molecule has 0 spiro atoms. The number of para-hydroxylation sites is 1. The Morgan fingerprint density at radius 1 is 1.24 bits per heavy atom. The second-order valence-electron chi connectivity index (χ2n) is 7.30. The highest BCUT2D eigenvalue weighted by Crippen LogP contribution is 2.38. The first-order chi connectivity index (χ1) is 13.9. The molecule has 1 fully saturated rings. The summed E-state index contributed by atoms with van der Waals surface area (Å²) >= 11 is 1.67. The van der Waals surface area contributed by atoms with E-state index in [-0.39, 0.29) is 17.5 Å². The molecule has 4 heterocycles. The lowest BCUT2D eigenvalue weighted by Crippen LogP contribution is -2.26. The number of hydrogen-bond donors (Lipinski definition) is 2. The number of nitrogens with zero attached hydrogens (tertiary/aromatic N) is 2. The van der Waals surface area contributed by atoms with Crippen LogP contribution in [0.25, 0.3) is 10.9 Å². The van der Waals surface area contributed by atoms with Crippen LogP contribution in [0, 0.1) is 0 Å². The van der Waals surface area contributed by atoms with Gasteiger partial charge >= 0.3 is 0 Å². The summed E-state index contributed by atoms with van der Waals surface area (Å²) in [6.07, 6.45) is 1.99. The molecule has 150 valence electrons. The van der Waals surface area contributed by atoms with Crippen LogP contribution in [0.15, 0.2) is 30.5 Å². The van der Waals surface area contributed by atoms with E-state index in [1.807, 2.05) is 18.2 Å². The summed E-state index contributed by atoms with van der Waals surface area (Å²) in [7, 11) is -3.11. The topological polar surface area (TPSA) is 114 Å². The van der Waals surface area contributed by atoms with E-state index in [9.17, 15) is 18.0 Å². The van der Waals surface area contributed by atoms with Gasteiger partial charge in [-0.2, -0.15) is 16.9 Å². The first-order valence-electron chi connectivity index (χ1n) is 9.23. The van der Waals surface area contributed by atoms with Crippen LogP contribution in [0.4, 0.5) is 5.82 Å². The highest BCUT2D eigenvalue weighted by atomic mass is 32.2. The summed E-state index contributed by atoms with van der Waals surface area (Å²) < 4.78 is 25.4. The standard InChI is InChI=1S/C19H18N4O4S2/c24-17(13-7-20-15-4-2-1-3-12(13)15)19(25)21-18-14-8-28-9-16(14)22-23(18)11-5-6-29(26,27)10-11/h1-4,7,11,20H,5-6,8-10H2,(H,21,25). The van der Waals surface area contributed by atoms with E-state index in [0.29, 0.717) is 34.7 Å². The highest BCUT2D eigenvalue weighted by molar-refractivity contribution is 7.98. The zero-order valence-electron chi connectivity index (χ0n) is 15.3. The summed E-state index contributed by atoms with van der Waals surface area (Å²) in [5, 5.41) is 7.98. The van der Waals surface area contributed by atoms with Gasteiger partial charge in [-0.1, -0.05) is 18.2 Å². The zero-order valence-corrected chi connectivity index (χ0v) is 17.0. The number of nitrogens with one attached hydrogen (secondary N) is 2. The molecule has 0 radical (unpaired) electrons. The number of ketones is 1. The van der Waals surface area contributed by atoms with Crippen molar-refractivity contribution in [1.82, 2.24) is 14.8 Å². The maximum absolute atomic E-state index is 12.8. The van der Waals surface area contributed by atoms with E-state index in [2.05, 4.69) is 15.4 Å². The van der Waals surface area contributed by atoms with Crippen molar-refractivity contribution < 1.29 is 18.0 Å². The highest BCUT2D eigenvalue weighted by Gasteiger charge is 2.35. The second-order valence-corrected chi connectivity index (χ2v) is 10.5.